The second-order valence-electron chi connectivity index (χ2n) is 8.45. The lowest BCUT2D eigenvalue weighted by Crippen LogP contribution is -2.20. The molecule has 0 aliphatic heterocycles. The SMILES string of the molecule is C/C=C(\CNCC)c1cccc(-c2ncc(-c3cnn(C)c3)c(NC(CCC)CCC)n2)c1. The summed E-state index contributed by atoms with van der Waals surface area (Å²) in [5.41, 5.74) is 5.50. The van der Waals surface area contributed by atoms with Crippen LogP contribution in [0.1, 0.15) is 58.9 Å². The van der Waals surface area contributed by atoms with Gasteiger partial charge in [-0.05, 0) is 43.5 Å². The fourth-order valence-electron chi connectivity index (χ4n) is 4.07. The summed E-state index contributed by atoms with van der Waals surface area (Å²) in [5, 5.41) is 11.5. The van der Waals surface area contributed by atoms with Crippen molar-refractivity contribution in [3.8, 4) is 22.5 Å². The van der Waals surface area contributed by atoms with Crippen LogP contribution >= 0.6 is 0 Å². The molecule has 2 aromatic heterocycles. The number of aryl methyl sites for hydroxylation is 1. The van der Waals surface area contributed by atoms with Gasteiger partial charge in [0.15, 0.2) is 5.82 Å². The third-order valence-corrected chi connectivity index (χ3v) is 5.83. The van der Waals surface area contributed by atoms with Gasteiger partial charge in [0, 0.05) is 48.7 Å². The zero-order chi connectivity index (χ0) is 23.6. The zero-order valence-electron chi connectivity index (χ0n) is 20.7. The highest BCUT2D eigenvalue weighted by molar-refractivity contribution is 5.77. The summed E-state index contributed by atoms with van der Waals surface area (Å²) >= 11 is 0. The summed E-state index contributed by atoms with van der Waals surface area (Å²) in [7, 11) is 1.93. The maximum Gasteiger partial charge on any atom is 0.161 e. The molecule has 33 heavy (non-hydrogen) atoms. The van der Waals surface area contributed by atoms with Crippen LogP contribution in [-0.4, -0.2) is 38.9 Å². The molecule has 0 spiro atoms. The Morgan fingerprint density at radius 2 is 1.88 bits per heavy atom. The average Bonchev–Trinajstić information content (AvgIpc) is 3.26. The highest BCUT2D eigenvalue weighted by Crippen LogP contribution is 2.30. The van der Waals surface area contributed by atoms with Crippen molar-refractivity contribution in [1.82, 2.24) is 25.1 Å². The molecule has 176 valence electrons. The third kappa shape index (κ3) is 6.51. The van der Waals surface area contributed by atoms with E-state index in [1.165, 1.54) is 11.1 Å². The van der Waals surface area contributed by atoms with Gasteiger partial charge in [0.1, 0.15) is 5.82 Å². The maximum absolute atomic E-state index is 5.03. The fourth-order valence-corrected chi connectivity index (χ4v) is 4.07. The Balaban J connectivity index is 2.00. The molecule has 0 fully saturated rings. The van der Waals surface area contributed by atoms with E-state index in [0.717, 1.165) is 67.1 Å². The van der Waals surface area contributed by atoms with Crippen molar-refractivity contribution >= 4 is 11.4 Å². The lowest BCUT2D eigenvalue weighted by atomic mass is 10.0. The zero-order valence-corrected chi connectivity index (χ0v) is 20.7. The van der Waals surface area contributed by atoms with Crippen LogP contribution in [-0.2, 0) is 7.05 Å². The van der Waals surface area contributed by atoms with Gasteiger partial charge in [0.05, 0.1) is 6.20 Å². The van der Waals surface area contributed by atoms with Crippen molar-refractivity contribution in [2.75, 3.05) is 18.4 Å². The van der Waals surface area contributed by atoms with Crippen molar-refractivity contribution in [3.63, 3.8) is 0 Å². The minimum atomic E-state index is 0.388. The predicted molar refractivity (Wildman–Crippen MR) is 139 cm³/mol. The van der Waals surface area contributed by atoms with Gasteiger partial charge in [0.25, 0.3) is 0 Å². The van der Waals surface area contributed by atoms with Gasteiger partial charge >= 0.3 is 0 Å². The first kappa shape index (κ1) is 24.6. The minimum Gasteiger partial charge on any atom is -0.367 e. The number of hydrogen-bond donors (Lipinski definition) is 2. The molecule has 0 aliphatic carbocycles. The maximum atomic E-state index is 5.03. The largest absolute Gasteiger partial charge is 0.367 e. The second-order valence-corrected chi connectivity index (χ2v) is 8.45. The van der Waals surface area contributed by atoms with Gasteiger partial charge in [-0.3, -0.25) is 4.68 Å². The average molecular weight is 447 g/mol. The van der Waals surface area contributed by atoms with E-state index in [1.54, 1.807) is 0 Å². The molecule has 0 unspecified atom stereocenters. The molecular formula is C27H38N6. The number of allylic oxidation sites excluding steroid dienone is 1. The Morgan fingerprint density at radius 3 is 2.52 bits per heavy atom. The normalized spacial score (nSPS) is 11.9. The van der Waals surface area contributed by atoms with Crippen molar-refractivity contribution < 1.29 is 0 Å². The molecule has 3 aromatic rings. The number of likely N-dealkylation sites (N-methyl/N-ethyl adjacent to an activating group) is 1. The lowest BCUT2D eigenvalue weighted by Gasteiger charge is -2.20. The molecule has 3 rings (SSSR count). The fraction of sp³-hybridized carbons (Fsp3) is 0.444. The van der Waals surface area contributed by atoms with E-state index in [0.29, 0.717) is 6.04 Å². The summed E-state index contributed by atoms with van der Waals surface area (Å²) in [6, 6.07) is 8.90. The van der Waals surface area contributed by atoms with Crippen LogP contribution in [0.5, 0.6) is 0 Å². The van der Waals surface area contributed by atoms with Gasteiger partial charge in [0.2, 0.25) is 0 Å². The molecule has 0 bridgehead atoms. The highest BCUT2D eigenvalue weighted by atomic mass is 15.2. The first-order valence-electron chi connectivity index (χ1n) is 12.2. The molecule has 0 amide bonds. The van der Waals surface area contributed by atoms with Crippen LogP contribution in [0, 0.1) is 0 Å². The van der Waals surface area contributed by atoms with E-state index in [2.05, 4.69) is 73.8 Å². The summed E-state index contributed by atoms with van der Waals surface area (Å²) < 4.78 is 1.81. The number of hydrogen-bond acceptors (Lipinski definition) is 5. The van der Waals surface area contributed by atoms with Crippen LogP contribution < -0.4 is 10.6 Å². The Morgan fingerprint density at radius 1 is 1.09 bits per heavy atom. The van der Waals surface area contributed by atoms with Gasteiger partial charge in [-0.25, -0.2) is 9.97 Å². The van der Waals surface area contributed by atoms with E-state index in [1.807, 2.05) is 30.3 Å². The topological polar surface area (TPSA) is 67.7 Å². The molecule has 0 saturated carbocycles. The van der Waals surface area contributed by atoms with Gasteiger partial charge in [-0.2, -0.15) is 5.10 Å². The summed E-state index contributed by atoms with van der Waals surface area (Å²) in [6.45, 7) is 10.5. The monoisotopic (exact) mass is 446 g/mol. The molecule has 2 heterocycles. The number of nitrogens with one attached hydrogen (secondary N) is 2. The molecular weight excluding hydrogens is 408 g/mol. The Kier molecular flexibility index (Phi) is 9.19. The summed E-state index contributed by atoms with van der Waals surface area (Å²) in [5.74, 6) is 1.61. The molecule has 0 saturated heterocycles. The van der Waals surface area contributed by atoms with Gasteiger partial charge in [-0.15, -0.1) is 0 Å². The van der Waals surface area contributed by atoms with E-state index in [9.17, 15) is 0 Å². The number of aromatic nitrogens is 4. The molecule has 0 atom stereocenters. The van der Waals surface area contributed by atoms with Crippen LogP contribution in [0.4, 0.5) is 5.82 Å². The predicted octanol–water partition coefficient (Wildman–Crippen LogP) is 5.94. The smallest absolute Gasteiger partial charge is 0.161 e. The third-order valence-electron chi connectivity index (χ3n) is 5.83. The van der Waals surface area contributed by atoms with Crippen molar-refractivity contribution in [3.05, 3.63) is 54.5 Å². The Bertz CT molecular complexity index is 1050. The minimum absolute atomic E-state index is 0.388. The van der Waals surface area contributed by atoms with Gasteiger partial charge < -0.3 is 10.6 Å². The Hall–Kier alpha value is -2.99. The lowest BCUT2D eigenvalue weighted by molar-refractivity contribution is 0.584. The molecule has 2 N–H and O–H groups in total. The van der Waals surface area contributed by atoms with Crippen LogP contribution in [0.15, 0.2) is 48.9 Å². The Labute approximate surface area is 198 Å². The number of nitrogens with zero attached hydrogens (tertiary/aromatic N) is 4. The van der Waals surface area contributed by atoms with Gasteiger partial charge in [-0.1, -0.05) is 57.9 Å². The molecule has 0 aliphatic rings. The molecule has 1 aromatic carbocycles. The van der Waals surface area contributed by atoms with Crippen molar-refractivity contribution in [1.29, 1.82) is 0 Å². The quantitative estimate of drug-likeness (QED) is 0.360. The first-order chi connectivity index (χ1) is 16.1. The van der Waals surface area contributed by atoms with Crippen LogP contribution in [0.25, 0.3) is 28.1 Å². The molecule has 6 nitrogen and oxygen atoms in total. The number of anilines is 1. The van der Waals surface area contributed by atoms with Crippen LogP contribution in [0.2, 0.25) is 0 Å². The first-order valence-corrected chi connectivity index (χ1v) is 12.2. The molecule has 6 heteroatoms. The van der Waals surface area contributed by atoms with E-state index >= 15 is 0 Å². The standard InChI is InChI=1S/C27H38N6/c1-6-11-24(12-7-2)31-27-25(23-17-30-33(5)19-23)18-29-26(32-27)22-14-10-13-21(15-22)20(8-3)16-28-9-4/h8,10,13-15,17-19,24,28H,6-7,9,11-12,16H2,1-5H3,(H,29,31,32)/b20-8+. The van der Waals surface area contributed by atoms with Crippen molar-refractivity contribution in [2.24, 2.45) is 7.05 Å². The summed E-state index contributed by atoms with van der Waals surface area (Å²) in [6.07, 6.45) is 12.5. The molecule has 0 radical (unpaired) electrons. The second kappa shape index (κ2) is 12.3. The van der Waals surface area contributed by atoms with E-state index in [-0.39, 0.29) is 0 Å². The summed E-state index contributed by atoms with van der Waals surface area (Å²) in [4.78, 5) is 9.79. The van der Waals surface area contributed by atoms with E-state index in [4.69, 9.17) is 9.97 Å². The highest BCUT2D eigenvalue weighted by Gasteiger charge is 2.16. The van der Waals surface area contributed by atoms with Crippen molar-refractivity contribution in [2.45, 2.75) is 59.4 Å². The van der Waals surface area contributed by atoms with Crippen LogP contribution in [0.3, 0.4) is 0 Å². The number of rotatable bonds is 12. The number of benzene rings is 1. The van der Waals surface area contributed by atoms with E-state index < -0.39 is 0 Å².